The Kier molecular flexibility index (Phi) is 4.18. The Labute approximate surface area is 87.3 Å². The Morgan fingerprint density at radius 3 is 2.50 bits per heavy atom. The Balaban J connectivity index is 2.73. The normalized spacial score (nSPS) is 13.5. The average molecular weight is 194 g/mol. The molecule has 0 spiro atoms. The molecule has 0 aromatic carbocycles. The fraction of sp³-hybridized carbons (Fsp3) is 0.750. The van der Waals surface area contributed by atoms with Crippen molar-refractivity contribution in [2.45, 2.75) is 58.9 Å². The van der Waals surface area contributed by atoms with Gasteiger partial charge in [0.05, 0.1) is 11.7 Å². The molecule has 0 aliphatic carbocycles. The lowest BCUT2D eigenvalue weighted by atomic mass is 10.1. The zero-order valence-corrected chi connectivity index (χ0v) is 9.83. The van der Waals surface area contributed by atoms with Gasteiger partial charge in [0.1, 0.15) is 0 Å². The summed E-state index contributed by atoms with van der Waals surface area (Å²) in [5, 5.41) is 4.62. The highest BCUT2D eigenvalue weighted by Gasteiger charge is 2.10. The van der Waals surface area contributed by atoms with E-state index in [1.54, 1.807) is 0 Å². The quantitative estimate of drug-likeness (QED) is 0.698. The molecule has 0 saturated carbocycles. The van der Waals surface area contributed by atoms with E-state index in [2.05, 4.69) is 49.7 Å². The van der Waals surface area contributed by atoms with Crippen LogP contribution in [0.3, 0.4) is 0 Å². The minimum atomic E-state index is 0.537. The van der Waals surface area contributed by atoms with Crippen molar-refractivity contribution in [3.05, 3.63) is 18.0 Å². The third kappa shape index (κ3) is 2.60. The molecule has 0 aliphatic heterocycles. The predicted molar refractivity (Wildman–Crippen MR) is 60.6 cm³/mol. The lowest BCUT2D eigenvalue weighted by molar-refractivity contribution is 0.405. The Morgan fingerprint density at radius 1 is 1.36 bits per heavy atom. The molecule has 1 atom stereocenters. The van der Waals surface area contributed by atoms with E-state index in [1.807, 2.05) is 0 Å². The SMILES string of the molecule is CCCC(CC)n1ccc(C(C)C)n1. The zero-order valence-electron chi connectivity index (χ0n) is 9.83. The molecule has 0 fully saturated rings. The minimum Gasteiger partial charge on any atom is -0.269 e. The molecular weight excluding hydrogens is 172 g/mol. The van der Waals surface area contributed by atoms with Crippen LogP contribution >= 0.6 is 0 Å². The molecule has 0 saturated heterocycles. The van der Waals surface area contributed by atoms with Crippen LogP contribution < -0.4 is 0 Å². The van der Waals surface area contributed by atoms with E-state index in [1.165, 1.54) is 25.0 Å². The molecule has 2 heteroatoms. The average Bonchev–Trinajstić information content (AvgIpc) is 2.63. The Morgan fingerprint density at radius 2 is 2.07 bits per heavy atom. The molecule has 0 bridgehead atoms. The maximum atomic E-state index is 4.62. The second-order valence-electron chi connectivity index (χ2n) is 4.23. The van der Waals surface area contributed by atoms with Crippen molar-refractivity contribution >= 4 is 0 Å². The van der Waals surface area contributed by atoms with Crippen LogP contribution in [0.2, 0.25) is 0 Å². The van der Waals surface area contributed by atoms with Gasteiger partial charge in [0.15, 0.2) is 0 Å². The zero-order chi connectivity index (χ0) is 10.6. The van der Waals surface area contributed by atoms with Crippen LogP contribution in [0.1, 0.15) is 64.6 Å². The van der Waals surface area contributed by atoms with Gasteiger partial charge in [-0.15, -0.1) is 0 Å². The van der Waals surface area contributed by atoms with Crippen molar-refractivity contribution in [3.63, 3.8) is 0 Å². The van der Waals surface area contributed by atoms with E-state index >= 15 is 0 Å². The van der Waals surface area contributed by atoms with Gasteiger partial charge < -0.3 is 0 Å². The summed E-state index contributed by atoms with van der Waals surface area (Å²) < 4.78 is 2.14. The van der Waals surface area contributed by atoms with Crippen LogP contribution in [-0.2, 0) is 0 Å². The number of rotatable bonds is 5. The molecule has 1 rings (SSSR count). The third-order valence-corrected chi connectivity index (χ3v) is 2.69. The van der Waals surface area contributed by atoms with Crippen molar-refractivity contribution in [2.24, 2.45) is 0 Å². The van der Waals surface area contributed by atoms with Crippen LogP contribution in [0.25, 0.3) is 0 Å². The summed E-state index contributed by atoms with van der Waals surface area (Å²) in [7, 11) is 0. The molecule has 1 aromatic heterocycles. The van der Waals surface area contributed by atoms with Crippen molar-refractivity contribution in [3.8, 4) is 0 Å². The highest BCUT2D eigenvalue weighted by atomic mass is 15.3. The van der Waals surface area contributed by atoms with E-state index in [-0.39, 0.29) is 0 Å². The number of aromatic nitrogens is 2. The first-order valence-corrected chi connectivity index (χ1v) is 5.74. The molecule has 0 N–H and O–H groups in total. The predicted octanol–water partition coefficient (Wildman–Crippen LogP) is 3.76. The molecule has 0 radical (unpaired) electrons. The van der Waals surface area contributed by atoms with Gasteiger partial charge in [-0.2, -0.15) is 5.10 Å². The third-order valence-electron chi connectivity index (χ3n) is 2.69. The van der Waals surface area contributed by atoms with Gasteiger partial charge in [-0.3, -0.25) is 4.68 Å². The van der Waals surface area contributed by atoms with Crippen LogP contribution in [0, 0.1) is 0 Å². The topological polar surface area (TPSA) is 17.8 Å². The van der Waals surface area contributed by atoms with E-state index in [4.69, 9.17) is 0 Å². The van der Waals surface area contributed by atoms with Crippen molar-refractivity contribution in [2.75, 3.05) is 0 Å². The van der Waals surface area contributed by atoms with E-state index in [9.17, 15) is 0 Å². The summed E-state index contributed by atoms with van der Waals surface area (Å²) in [5.41, 5.74) is 1.21. The smallest absolute Gasteiger partial charge is 0.0650 e. The monoisotopic (exact) mass is 194 g/mol. The first-order valence-electron chi connectivity index (χ1n) is 5.74. The summed E-state index contributed by atoms with van der Waals surface area (Å²) in [5.74, 6) is 0.537. The van der Waals surface area contributed by atoms with E-state index < -0.39 is 0 Å². The summed E-state index contributed by atoms with van der Waals surface area (Å²) in [4.78, 5) is 0. The van der Waals surface area contributed by atoms with Crippen LogP contribution in [0.5, 0.6) is 0 Å². The number of hydrogen-bond donors (Lipinski definition) is 0. The Bertz CT molecular complexity index is 263. The van der Waals surface area contributed by atoms with Crippen LogP contribution in [0.4, 0.5) is 0 Å². The van der Waals surface area contributed by atoms with E-state index in [0.29, 0.717) is 12.0 Å². The van der Waals surface area contributed by atoms with Crippen LogP contribution in [-0.4, -0.2) is 9.78 Å². The fourth-order valence-corrected chi connectivity index (χ4v) is 1.72. The fourth-order valence-electron chi connectivity index (χ4n) is 1.72. The lowest BCUT2D eigenvalue weighted by Crippen LogP contribution is -2.09. The first-order chi connectivity index (χ1) is 6.69. The first kappa shape index (κ1) is 11.3. The van der Waals surface area contributed by atoms with Gasteiger partial charge in [-0.25, -0.2) is 0 Å². The van der Waals surface area contributed by atoms with Crippen molar-refractivity contribution < 1.29 is 0 Å². The maximum absolute atomic E-state index is 4.62. The largest absolute Gasteiger partial charge is 0.269 e. The molecule has 0 aliphatic rings. The van der Waals surface area contributed by atoms with Gasteiger partial charge in [-0.1, -0.05) is 34.1 Å². The molecule has 2 nitrogen and oxygen atoms in total. The van der Waals surface area contributed by atoms with Gasteiger partial charge in [0, 0.05) is 6.20 Å². The molecule has 1 unspecified atom stereocenters. The Hall–Kier alpha value is -0.790. The summed E-state index contributed by atoms with van der Waals surface area (Å²) in [6.07, 6.45) is 5.76. The second-order valence-corrected chi connectivity index (χ2v) is 4.23. The summed E-state index contributed by atoms with van der Waals surface area (Å²) >= 11 is 0. The van der Waals surface area contributed by atoms with Crippen molar-refractivity contribution in [1.82, 2.24) is 9.78 Å². The molecule has 14 heavy (non-hydrogen) atoms. The highest BCUT2D eigenvalue weighted by Crippen LogP contribution is 2.19. The molecular formula is C12H22N2. The van der Waals surface area contributed by atoms with Crippen LogP contribution in [0.15, 0.2) is 12.3 Å². The maximum Gasteiger partial charge on any atom is 0.0650 e. The summed E-state index contributed by atoms with van der Waals surface area (Å²) in [6, 6.07) is 2.73. The molecule has 80 valence electrons. The van der Waals surface area contributed by atoms with Gasteiger partial charge in [-0.05, 0) is 24.8 Å². The number of hydrogen-bond acceptors (Lipinski definition) is 1. The van der Waals surface area contributed by atoms with E-state index in [0.717, 1.165) is 0 Å². The second kappa shape index (κ2) is 5.18. The molecule has 0 amide bonds. The molecule has 1 aromatic rings. The van der Waals surface area contributed by atoms with Crippen molar-refractivity contribution in [1.29, 1.82) is 0 Å². The summed E-state index contributed by atoms with van der Waals surface area (Å²) in [6.45, 7) is 8.84. The van der Waals surface area contributed by atoms with Gasteiger partial charge in [0.2, 0.25) is 0 Å². The standard InChI is InChI=1S/C12H22N2/c1-5-7-11(6-2)14-9-8-12(13-14)10(3)4/h8-11H,5-7H2,1-4H3. The minimum absolute atomic E-state index is 0.537. The van der Waals surface area contributed by atoms with Gasteiger partial charge >= 0.3 is 0 Å². The highest BCUT2D eigenvalue weighted by molar-refractivity contribution is 5.04. The number of nitrogens with zero attached hydrogens (tertiary/aromatic N) is 2. The van der Waals surface area contributed by atoms with Gasteiger partial charge in [0.25, 0.3) is 0 Å². The lowest BCUT2D eigenvalue weighted by Gasteiger charge is -2.14. The molecule has 1 heterocycles.